The number of nitrogens with one attached hydrogen (secondary N) is 5. The highest BCUT2D eigenvalue weighted by Crippen LogP contribution is 2.34. The molecule has 22 nitrogen and oxygen atoms in total. The van der Waals surface area contributed by atoms with Crippen molar-refractivity contribution in [2.75, 3.05) is 36.8 Å². The Morgan fingerprint density at radius 1 is 0.613 bits per heavy atom. The monoisotopic (exact) mass is 1010 g/mol. The Morgan fingerprint density at radius 2 is 1.16 bits per heavy atom. The number of rotatable bonds is 17. The number of H-pyrrole nitrogens is 3. The minimum Gasteiger partial charge on any atom is -0.339 e. The summed E-state index contributed by atoms with van der Waals surface area (Å²) in [7, 11) is 0. The molecule has 0 spiro atoms. The molecule has 0 aliphatic heterocycles. The van der Waals surface area contributed by atoms with E-state index >= 15 is 0 Å². The van der Waals surface area contributed by atoms with Crippen molar-refractivity contribution < 1.29 is 19.2 Å². The maximum atomic E-state index is 14.6. The third kappa shape index (κ3) is 9.84. The van der Waals surface area contributed by atoms with Crippen LogP contribution in [0.5, 0.6) is 0 Å². The van der Waals surface area contributed by atoms with Gasteiger partial charge < -0.3 is 30.4 Å². The lowest BCUT2D eigenvalue weighted by Gasteiger charge is -2.21. The highest BCUT2D eigenvalue weighted by molar-refractivity contribution is 6.07. The molecule has 10 heterocycles. The van der Waals surface area contributed by atoms with Crippen LogP contribution in [0.1, 0.15) is 75.6 Å². The summed E-state index contributed by atoms with van der Waals surface area (Å²) in [5.41, 5.74) is 8.67. The van der Waals surface area contributed by atoms with E-state index in [0.29, 0.717) is 121 Å². The van der Waals surface area contributed by atoms with E-state index in [1.165, 1.54) is 12.4 Å². The molecule has 380 valence electrons. The van der Waals surface area contributed by atoms with E-state index in [2.05, 4.69) is 55.7 Å². The van der Waals surface area contributed by atoms with Crippen LogP contribution >= 0.6 is 0 Å². The molecule has 0 radical (unpaired) electrons. The Morgan fingerprint density at radius 3 is 1.76 bits per heavy atom. The van der Waals surface area contributed by atoms with Gasteiger partial charge in [0, 0.05) is 98.0 Å². The van der Waals surface area contributed by atoms with Gasteiger partial charge in [-0.2, -0.15) is 10.2 Å². The lowest BCUT2D eigenvalue weighted by atomic mass is 10.1. The molecule has 0 aromatic carbocycles. The van der Waals surface area contributed by atoms with Crippen LogP contribution in [-0.4, -0.2) is 129 Å². The van der Waals surface area contributed by atoms with Crippen molar-refractivity contribution in [2.24, 2.45) is 11.8 Å². The lowest BCUT2D eigenvalue weighted by molar-refractivity contribution is -0.119. The number of amides is 4. The summed E-state index contributed by atoms with van der Waals surface area (Å²) >= 11 is 0. The van der Waals surface area contributed by atoms with Crippen molar-refractivity contribution in [3.05, 3.63) is 97.4 Å². The summed E-state index contributed by atoms with van der Waals surface area (Å²) < 4.78 is 1.74. The van der Waals surface area contributed by atoms with E-state index in [1.54, 1.807) is 64.1 Å². The van der Waals surface area contributed by atoms with E-state index in [9.17, 15) is 19.2 Å². The number of imidazole rings is 2. The SMILES string of the molecule is CCN(CCn1nc(-c2nc3c(C(=O)N(CC)CC)cncc3[nH]2)c2cc(-c3cncc(NC(=O)C(C)C)c3)cnc21)C(=O)c1cncc2[nH]c(-c3n[nH]c4ncc(-c5cncc(NC(=O)CC(C)C)c5)cc34)nc12. The summed E-state index contributed by atoms with van der Waals surface area (Å²) in [6, 6.07) is 7.55. The van der Waals surface area contributed by atoms with Gasteiger partial charge >= 0.3 is 0 Å². The Bertz CT molecular complexity index is 3810. The van der Waals surface area contributed by atoms with Crippen LogP contribution in [0.4, 0.5) is 11.4 Å². The van der Waals surface area contributed by atoms with E-state index in [-0.39, 0.29) is 54.1 Å². The van der Waals surface area contributed by atoms with Crippen molar-refractivity contribution in [1.82, 2.24) is 79.6 Å². The minimum absolute atomic E-state index is 0.0894. The zero-order valence-corrected chi connectivity index (χ0v) is 42.4. The van der Waals surface area contributed by atoms with Gasteiger partial charge in [-0.05, 0) is 51.0 Å². The summed E-state index contributed by atoms with van der Waals surface area (Å²) in [4.78, 5) is 100. The molecule has 0 saturated carbocycles. The summed E-state index contributed by atoms with van der Waals surface area (Å²) in [5, 5.41) is 19.8. The standard InChI is InChI=1S/C53H54N18O4/c1-8-69(9-2)52(74)38-24-56-27-41-43(38)65-49(63-41)46-37-17-33(31-15-35(23-55-19-31)61-51(73)29(6)7)21-59-50(37)71(68-46)12-11-70(10-3)53(75)39-25-57-26-40-44(39)64-48(62-40)45-36-16-32(20-58-47(36)67-66-45)30-14-34(22-54-18-30)60-42(72)13-28(4)5/h14-29H,8-13H2,1-7H3,(H,60,72)(H,61,73)(H,62,64)(H,63,65)(H,58,66,67). The summed E-state index contributed by atoms with van der Waals surface area (Å²) in [6.07, 6.45) is 16.7. The lowest BCUT2D eigenvalue weighted by Crippen LogP contribution is -2.34. The van der Waals surface area contributed by atoms with Crippen LogP contribution in [-0.2, 0) is 16.1 Å². The van der Waals surface area contributed by atoms with Crippen molar-refractivity contribution in [3.8, 4) is 45.3 Å². The number of pyridine rings is 6. The fourth-order valence-electron chi connectivity index (χ4n) is 8.87. The van der Waals surface area contributed by atoms with Crippen LogP contribution < -0.4 is 10.6 Å². The average molecular weight is 1010 g/mol. The molecule has 10 rings (SSSR count). The fraction of sp³-hybridized carbons (Fsp3) is 0.283. The zero-order chi connectivity index (χ0) is 52.5. The molecule has 0 unspecified atom stereocenters. The van der Waals surface area contributed by atoms with E-state index in [4.69, 9.17) is 20.1 Å². The third-order valence-electron chi connectivity index (χ3n) is 12.8. The van der Waals surface area contributed by atoms with Crippen LogP contribution in [0.15, 0.2) is 86.2 Å². The molecule has 22 heteroatoms. The van der Waals surface area contributed by atoms with Gasteiger partial charge in [-0.1, -0.05) is 27.7 Å². The number of hydrogen-bond donors (Lipinski definition) is 5. The van der Waals surface area contributed by atoms with Gasteiger partial charge in [0.15, 0.2) is 22.9 Å². The Balaban J connectivity index is 0.958. The third-order valence-corrected chi connectivity index (χ3v) is 12.8. The first-order valence-electron chi connectivity index (χ1n) is 24.8. The van der Waals surface area contributed by atoms with Crippen LogP contribution in [0.25, 0.3) is 89.4 Å². The first-order valence-corrected chi connectivity index (χ1v) is 24.8. The molecule has 0 atom stereocenters. The maximum Gasteiger partial charge on any atom is 0.257 e. The maximum absolute atomic E-state index is 14.6. The second-order valence-electron chi connectivity index (χ2n) is 18.8. The molecular formula is C53H54N18O4. The zero-order valence-electron chi connectivity index (χ0n) is 42.4. The van der Waals surface area contributed by atoms with Gasteiger partial charge in [0.25, 0.3) is 11.8 Å². The summed E-state index contributed by atoms with van der Waals surface area (Å²) in [5.74, 6) is 0.0848. The van der Waals surface area contributed by atoms with Crippen molar-refractivity contribution in [2.45, 2.75) is 61.4 Å². The van der Waals surface area contributed by atoms with E-state index < -0.39 is 0 Å². The van der Waals surface area contributed by atoms with Crippen LogP contribution in [0.2, 0.25) is 0 Å². The number of aromatic amines is 3. The number of carbonyl (C=O) groups is 4. The first-order chi connectivity index (χ1) is 36.3. The Hall–Kier alpha value is -9.34. The molecule has 10 aromatic heterocycles. The largest absolute Gasteiger partial charge is 0.339 e. The van der Waals surface area contributed by atoms with E-state index in [1.807, 2.05) is 72.7 Å². The number of anilines is 2. The highest BCUT2D eigenvalue weighted by atomic mass is 16.2. The van der Waals surface area contributed by atoms with Crippen LogP contribution in [0, 0.1) is 11.8 Å². The molecule has 0 bridgehead atoms. The number of likely N-dealkylation sites (N-methyl/N-ethyl adjacent to an activating group) is 1. The molecular weight excluding hydrogens is 953 g/mol. The molecule has 4 amide bonds. The van der Waals surface area contributed by atoms with Gasteiger partial charge in [-0.15, -0.1) is 0 Å². The van der Waals surface area contributed by atoms with E-state index in [0.717, 1.165) is 11.1 Å². The predicted octanol–water partition coefficient (Wildman–Crippen LogP) is 7.93. The first kappa shape index (κ1) is 49.2. The van der Waals surface area contributed by atoms with Crippen LogP contribution in [0.3, 0.4) is 0 Å². The van der Waals surface area contributed by atoms with Gasteiger partial charge in [0.1, 0.15) is 22.4 Å². The van der Waals surface area contributed by atoms with Gasteiger partial charge in [0.05, 0.1) is 75.6 Å². The van der Waals surface area contributed by atoms with Gasteiger partial charge in [-0.3, -0.25) is 44.2 Å². The Labute approximate surface area is 429 Å². The molecule has 0 aliphatic carbocycles. The quantitative estimate of drug-likeness (QED) is 0.0579. The smallest absolute Gasteiger partial charge is 0.257 e. The fourth-order valence-corrected chi connectivity index (χ4v) is 8.87. The molecule has 0 saturated heterocycles. The molecule has 5 N–H and O–H groups in total. The van der Waals surface area contributed by atoms with Crippen molar-refractivity contribution in [1.29, 1.82) is 0 Å². The molecule has 0 fully saturated rings. The molecule has 10 aromatic rings. The Kier molecular flexibility index (Phi) is 13.6. The van der Waals surface area contributed by atoms with Gasteiger partial charge in [-0.25, -0.2) is 24.6 Å². The predicted molar refractivity (Wildman–Crippen MR) is 284 cm³/mol. The highest BCUT2D eigenvalue weighted by Gasteiger charge is 2.26. The number of nitrogens with zero attached hydrogens (tertiary/aromatic N) is 13. The van der Waals surface area contributed by atoms with Crippen molar-refractivity contribution >= 4 is 79.1 Å². The number of carbonyl (C=O) groups excluding carboxylic acids is 4. The molecule has 75 heavy (non-hydrogen) atoms. The normalized spacial score (nSPS) is 11.6. The number of hydrogen-bond acceptors (Lipinski definition) is 14. The molecule has 0 aliphatic rings. The minimum atomic E-state index is -0.295. The number of fused-ring (bicyclic) bond motifs is 4. The number of aromatic nitrogens is 14. The topological polar surface area (TPSA) is 280 Å². The average Bonchev–Trinajstić information content (AvgIpc) is 4.22. The summed E-state index contributed by atoms with van der Waals surface area (Å²) in [6.45, 7) is 15.2. The van der Waals surface area contributed by atoms with Crippen molar-refractivity contribution in [3.63, 3.8) is 0 Å². The second kappa shape index (κ2) is 20.6. The second-order valence-corrected chi connectivity index (χ2v) is 18.8. The van der Waals surface area contributed by atoms with Gasteiger partial charge in [0.2, 0.25) is 11.8 Å².